The van der Waals surface area contributed by atoms with Crippen LogP contribution in [0.25, 0.3) is 5.95 Å². The number of rotatable bonds is 7. The zero-order valence-corrected chi connectivity index (χ0v) is 21.0. The number of aromatic nitrogens is 5. The fourth-order valence-corrected chi connectivity index (χ4v) is 4.77. The van der Waals surface area contributed by atoms with Gasteiger partial charge in [0.2, 0.25) is 5.91 Å². The Balaban J connectivity index is 1.34. The van der Waals surface area contributed by atoms with E-state index in [1.165, 1.54) is 5.56 Å². The second-order valence-electron chi connectivity index (χ2n) is 9.37. The van der Waals surface area contributed by atoms with E-state index in [0.29, 0.717) is 12.4 Å². The molecule has 8 nitrogen and oxygen atoms in total. The Kier molecular flexibility index (Phi) is 7.36. The number of carbonyl (C=O) groups excluding carboxylic acids is 1. The van der Waals surface area contributed by atoms with E-state index in [2.05, 4.69) is 37.1 Å². The number of carbonyl (C=O) groups is 1. The molecule has 0 saturated carbocycles. The van der Waals surface area contributed by atoms with Gasteiger partial charge in [-0.25, -0.2) is 14.6 Å². The highest BCUT2D eigenvalue weighted by atomic mass is 16.2. The lowest BCUT2D eigenvalue weighted by Gasteiger charge is -2.37. The second kappa shape index (κ2) is 10.4. The van der Waals surface area contributed by atoms with Crippen LogP contribution in [0, 0.1) is 27.7 Å². The van der Waals surface area contributed by atoms with Crippen LogP contribution in [0.5, 0.6) is 0 Å². The maximum Gasteiger partial charge on any atom is 0.251 e. The Morgan fingerprint density at radius 3 is 2.35 bits per heavy atom. The summed E-state index contributed by atoms with van der Waals surface area (Å²) >= 11 is 0. The molecule has 0 spiro atoms. The van der Waals surface area contributed by atoms with Gasteiger partial charge in [0.1, 0.15) is 0 Å². The molecule has 1 aliphatic rings. The van der Waals surface area contributed by atoms with E-state index in [-0.39, 0.29) is 11.9 Å². The average molecular weight is 462 g/mol. The first-order valence-electron chi connectivity index (χ1n) is 12.1. The minimum atomic E-state index is 0.141. The van der Waals surface area contributed by atoms with E-state index >= 15 is 0 Å². The van der Waals surface area contributed by atoms with E-state index in [1.54, 1.807) is 4.68 Å². The van der Waals surface area contributed by atoms with Gasteiger partial charge >= 0.3 is 0 Å². The molecule has 180 valence electrons. The van der Waals surface area contributed by atoms with Gasteiger partial charge in [0.15, 0.2) is 0 Å². The smallest absolute Gasteiger partial charge is 0.251 e. The minimum absolute atomic E-state index is 0.141. The molecule has 0 N–H and O–H groups in total. The molecule has 8 heteroatoms. The second-order valence-corrected chi connectivity index (χ2v) is 9.37. The fraction of sp³-hybridized carbons (Fsp3) is 0.500. The summed E-state index contributed by atoms with van der Waals surface area (Å²) < 4.78 is 1.76. The molecule has 1 fully saturated rings. The summed E-state index contributed by atoms with van der Waals surface area (Å²) in [6, 6.07) is 6.39. The van der Waals surface area contributed by atoms with Gasteiger partial charge in [-0.05, 0) is 70.7 Å². The first kappa shape index (κ1) is 24.0. The third kappa shape index (κ3) is 5.50. The average Bonchev–Trinajstić information content (AvgIpc) is 3.11. The number of piperidine rings is 1. The molecule has 0 atom stereocenters. The van der Waals surface area contributed by atoms with Crippen molar-refractivity contribution in [2.24, 2.45) is 0 Å². The van der Waals surface area contributed by atoms with Gasteiger partial charge in [-0.1, -0.05) is 0 Å². The summed E-state index contributed by atoms with van der Waals surface area (Å²) in [7, 11) is 1.95. The summed E-state index contributed by atoms with van der Waals surface area (Å²) in [6.07, 6.45) is 7.10. The van der Waals surface area contributed by atoms with Gasteiger partial charge in [0.05, 0.1) is 12.1 Å². The summed E-state index contributed by atoms with van der Waals surface area (Å²) in [5.41, 5.74) is 5.87. The Hall–Kier alpha value is -3.13. The number of hydrogen-bond donors (Lipinski definition) is 0. The molecule has 1 saturated heterocycles. The predicted octanol–water partition coefficient (Wildman–Crippen LogP) is 3.00. The van der Waals surface area contributed by atoms with Crippen LogP contribution in [-0.4, -0.2) is 73.2 Å². The number of nitrogens with zero attached hydrogens (tertiary/aromatic N) is 7. The number of likely N-dealkylation sites (N-methyl/N-ethyl adjacent to an activating group) is 1. The normalized spacial score (nSPS) is 15.0. The standard InChI is InChI=1S/C26H35N7O/c1-18-16-19(2)29-26(28-18)33-21(4)24(20(3)30-33)17-25(34)31(5)23-9-14-32(15-10-23)13-8-22-6-11-27-12-7-22/h6-7,11-12,16,23H,8-10,13-15,17H2,1-5H3. The molecule has 4 rings (SSSR count). The van der Waals surface area contributed by atoms with E-state index in [4.69, 9.17) is 0 Å². The fourth-order valence-electron chi connectivity index (χ4n) is 4.77. The minimum Gasteiger partial charge on any atom is -0.342 e. The molecule has 1 amide bonds. The summed E-state index contributed by atoms with van der Waals surface area (Å²) in [4.78, 5) is 30.8. The Bertz CT molecular complexity index is 1110. The highest BCUT2D eigenvalue weighted by molar-refractivity contribution is 5.79. The van der Waals surface area contributed by atoms with Crippen LogP contribution in [0.3, 0.4) is 0 Å². The topological polar surface area (TPSA) is 80.0 Å². The van der Waals surface area contributed by atoms with Crippen LogP contribution in [-0.2, 0) is 17.6 Å². The predicted molar refractivity (Wildman–Crippen MR) is 132 cm³/mol. The Morgan fingerprint density at radius 2 is 1.71 bits per heavy atom. The van der Waals surface area contributed by atoms with Crippen molar-refractivity contribution in [3.05, 3.63) is 64.5 Å². The SMILES string of the molecule is Cc1cc(C)nc(-n2nc(C)c(CC(=O)N(C)C3CCN(CCc4ccncc4)CC3)c2C)n1. The molecule has 0 aromatic carbocycles. The van der Waals surface area contributed by atoms with E-state index in [0.717, 1.165) is 67.2 Å². The highest BCUT2D eigenvalue weighted by Gasteiger charge is 2.27. The number of likely N-dealkylation sites (tertiary alicyclic amines) is 1. The van der Waals surface area contributed by atoms with Crippen molar-refractivity contribution in [2.45, 2.75) is 59.4 Å². The Morgan fingerprint density at radius 1 is 1.06 bits per heavy atom. The molecular formula is C26H35N7O. The van der Waals surface area contributed by atoms with Gasteiger partial charge in [0.25, 0.3) is 5.95 Å². The zero-order chi connectivity index (χ0) is 24.2. The molecule has 0 aliphatic carbocycles. The molecular weight excluding hydrogens is 426 g/mol. The molecule has 4 heterocycles. The molecule has 0 radical (unpaired) electrons. The maximum atomic E-state index is 13.2. The first-order valence-corrected chi connectivity index (χ1v) is 12.1. The summed E-state index contributed by atoms with van der Waals surface area (Å²) in [6.45, 7) is 10.9. The largest absolute Gasteiger partial charge is 0.342 e. The van der Waals surface area contributed by atoms with Crippen molar-refractivity contribution in [3.63, 3.8) is 0 Å². The van der Waals surface area contributed by atoms with Crippen molar-refractivity contribution in [2.75, 3.05) is 26.7 Å². The molecule has 34 heavy (non-hydrogen) atoms. The van der Waals surface area contributed by atoms with Crippen LogP contribution < -0.4 is 0 Å². The lowest BCUT2D eigenvalue weighted by Crippen LogP contribution is -2.46. The van der Waals surface area contributed by atoms with Crippen LogP contribution in [0.2, 0.25) is 0 Å². The van der Waals surface area contributed by atoms with E-state index in [1.807, 2.05) is 58.1 Å². The molecule has 1 aliphatic heterocycles. The van der Waals surface area contributed by atoms with Crippen LogP contribution in [0.4, 0.5) is 0 Å². The zero-order valence-electron chi connectivity index (χ0n) is 21.0. The number of hydrogen-bond acceptors (Lipinski definition) is 6. The highest BCUT2D eigenvalue weighted by Crippen LogP contribution is 2.21. The monoisotopic (exact) mass is 461 g/mol. The molecule has 3 aromatic rings. The third-order valence-electron chi connectivity index (χ3n) is 6.89. The number of aryl methyl sites for hydroxylation is 3. The van der Waals surface area contributed by atoms with Crippen molar-refractivity contribution in [1.29, 1.82) is 0 Å². The van der Waals surface area contributed by atoms with E-state index in [9.17, 15) is 4.79 Å². The van der Waals surface area contributed by atoms with Crippen LogP contribution in [0.15, 0.2) is 30.6 Å². The number of pyridine rings is 1. The van der Waals surface area contributed by atoms with Crippen molar-refractivity contribution in [3.8, 4) is 5.95 Å². The molecule has 0 bridgehead atoms. The number of amides is 1. The maximum absolute atomic E-state index is 13.2. The molecule has 3 aromatic heterocycles. The first-order chi connectivity index (χ1) is 16.3. The van der Waals surface area contributed by atoms with Gasteiger partial charge in [-0.3, -0.25) is 9.78 Å². The van der Waals surface area contributed by atoms with E-state index < -0.39 is 0 Å². The summed E-state index contributed by atoms with van der Waals surface area (Å²) in [5.74, 6) is 0.701. The third-order valence-corrected chi connectivity index (χ3v) is 6.89. The van der Waals surface area contributed by atoms with Crippen LogP contribution in [0.1, 0.15) is 46.7 Å². The lowest BCUT2D eigenvalue weighted by molar-refractivity contribution is -0.132. The van der Waals surface area contributed by atoms with Crippen molar-refractivity contribution < 1.29 is 4.79 Å². The lowest BCUT2D eigenvalue weighted by atomic mass is 10.0. The van der Waals surface area contributed by atoms with Crippen LogP contribution >= 0.6 is 0 Å². The van der Waals surface area contributed by atoms with Crippen molar-refractivity contribution >= 4 is 5.91 Å². The van der Waals surface area contributed by atoms with Gasteiger partial charge in [-0.15, -0.1) is 0 Å². The molecule has 0 unspecified atom stereocenters. The van der Waals surface area contributed by atoms with Gasteiger partial charge in [-0.2, -0.15) is 5.10 Å². The quantitative estimate of drug-likeness (QED) is 0.538. The Labute approximate surface area is 202 Å². The van der Waals surface area contributed by atoms with Crippen molar-refractivity contribution in [1.82, 2.24) is 34.5 Å². The van der Waals surface area contributed by atoms with Gasteiger partial charge < -0.3 is 9.80 Å². The summed E-state index contributed by atoms with van der Waals surface area (Å²) in [5, 5.41) is 4.65. The van der Waals surface area contributed by atoms with Gasteiger partial charge in [0, 0.05) is 67.8 Å².